The van der Waals surface area contributed by atoms with Crippen molar-refractivity contribution < 1.29 is 4.79 Å². The molecule has 6 heteroatoms. The van der Waals surface area contributed by atoms with E-state index in [9.17, 15) is 4.79 Å². The fourth-order valence-electron chi connectivity index (χ4n) is 2.66. The maximum absolute atomic E-state index is 12.6. The number of nitrogens with zero attached hydrogens (tertiary/aromatic N) is 4. The molecule has 1 aromatic carbocycles. The van der Waals surface area contributed by atoms with Gasteiger partial charge in [-0.3, -0.25) is 9.78 Å². The highest BCUT2D eigenvalue weighted by Gasteiger charge is 2.15. The number of ketones is 1. The Hall–Kier alpha value is -2.47. The summed E-state index contributed by atoms with van der Waals surface area (Å²) in [5.41, 5.74) is 5.04. The maximum Gasteiger partial charge on any atom is 0.191 e. The Morgan fingerprint density at radius 2 is 1.88 bits per heavy atom. The molecule has 0 saturated carbocycles. The molecule has 25 heavy (non-hydrogen) atoms. The molecule has 3 rings (SSSR count). The molecule has 0 spiro atoms. The van der Waals surface area contributed by atoms with Gasteiger partial charge in [0.25, 0.3) is 0 Å². The third kappa shape index (κ3) is 3.64. The van der Waals surface area contributed by atoms with Gasteiger partial charge in [0.2, 0.25) is 0 Å². The normalized spacial score (nSPS) is 10.9. The van der Waals surface area contributed by atoms with E-state index in [0.29, 0.717) is 10.9 Å². The summed E-state index contributed by atoms with van der Waals surface area (Å²) in [5.74, 6) is 1.18. The molecule has 2 aromatic heterocycles. The zero-order valence-corrected chi connectivity index (χ0v) is 15.6. The van der Waals surface area contributed by atoms with Crippen molar-refractivity contribution in [3.8, 4) is 11.4 Å². The van der Waals surface area contributed by atoms with Crippen LogP contribution in [0.1, 0.15) is 27.0 Å². The van der Waals surface area contributed by atoms with Crippen LogP contribution in [0.15, 0.2) is 41.8 Å². The minimum atomic E-state index is 0.108. The van der Waals surface area contributed by atoms with Crippen LogP contribution in [0.2, 0.25) is 0 Å². The number of pyridine rings is 1. The molecule has 0 radical (unpaired) electrons. The van der Waals surface area contributed by atoms with Crippen molar-refractivity contribution in [1.82, 2.24) is 19.7 Å². The molecule has 0 aliphatic carbocycles. The number of aromatic nitrogens is 4. The lowest BCUT2D eigenvalue weighted by Crippen LogP contribution is -2.07. The predicted molar refractivity (Wildman–Crippen MR) is 99.9 cm³/mol. The molecule has 3 aromatic rings. The lowest BCUT2D eigenvalue weighted by Gasteiger charge is -2.09. The first-order valence-corrected chi connectivity index (χ1v) is 8.99. The molecule has 0 N–H and O–H groups in total. The van der Waals surface area contributed by atoms with Gasteiger partial charge in [-0.2, -0.15) is 0 Å². The van der Waals surface area contributed by atoms with Gasteiger partial charge >= 0.3 is 0 Å². The van der Waals surface area contributed by atoms with E-state index in [1.165, 1.54) is 17.3 Å². The number of hydrogen-bond donors (Lipinski definition) is 0. The number of benzene rings is 1. The molecule has 128 valence electrons. The van der Waals surface area contributed by atoms with Gasteiger partial charge in [-0.05, 0) is 55.7 Å². The molecular weight excluding hydrogens is 332 g/mol. The van der Waals surface area contributed by atoms with E-state index in [1.807, 2.05) is 43.7 Å². The molecule has 0 amide bonds. The average molecular weight is 352 g/mol. The van der Waals surface area contributed by atoms with Gasteiger partial charge in [0.15, 0.2) is 16.8 Å². The molecule has 0 atom stereocenters. The summed E-state index contributed by atoms with van der Waals surface area (Å²) < 4.78 is 1.89. The number of rotatable bonds is 5. The Morgan fingerprint density at radius 1 is 1.12 bits per heavy atom. The van der Waals surface area contributed by atoms with Crippen molar-refractivity contribution in [2.24, 2.45) is 7.05 Å². The first-order valence-electron chi connectivity index (χ1n) is 8.01. The zero-order chi connectivity index (χ0) is 18.0. The molecule has 0 unspecified atom stereocenters. The van der Waals surface area contributed by atoms with Crippen molar-refractivity contribution in [2.75, 3.05) is 5.75 Å². The van der Waals surface area contributed by atoms with Crippen molar-refractivity contribution >= 4 is 17.5 Å². The van der Waals surface area contributed by atoms with Gasteiger partial charge in [0, 0.05) is 30.6 Å². The van der Waals surface area contributed by atoms with Crippen LogP contribution in [-0.2, 0) is 7.05 Å². The summed E-state index contributed by atoms with van der Waals surface area (Å²) in [4.78, 5) is 16.7. The van der Waals surface area contributed by atoms with Crippen LogP contribution in [0.5, 0.6) is 0 Å². The monoisotopic (exact) mass is 352 g/mol. The molecule has 0 saturated heterocycles. The SMILES string of the molecule is Cc1cc(C)c(C(=O)CSc2nnc(-c3cccnc3)n2C)cc1C. The Balaban J connectivity index is 1.75. The lowest BCUT2D eigenvalue weighted by atomic mass is 9.99. The van der Waals surface area contributed by atoms with Crippen molar-refractivity contribution in [3.63, 3.8) is 0 Å². The van der Waals surface area contributed by atoms with E-state index in [-0.39, 0.29) is 5.78 Å². The third-order valence-corrected chi connectivity index (χ3v) is 5.25. The molecule has 0 fully saturated rings. The van der Waals surface area contributed by atoms with Crippen LogP contribution in [0.4, 0.5) is 0 Å². The predicted octanol–water partition coefficient (Wildman–Crippen LogP) is 3.78. The van der Waals surface area contributed by atoms with Gasteiger partial charge in [0.05, 0.1) is 5.75 Å². The molecule has 0 aliphatic heterocycles. The van der Waals surface area contributed by atoms with Crippen LogP contribution < -0.4 is 0 Å². The summed E-state index contributed by atoms with van der Waals surface area (Å²) in [7, 11) is 1.90. The van der Waals surface area contributed by atoms with Gasteiger partial charge in [0.1, 0.15) is 0 Å². The van der Waals surface area contributed by atoms with E-state index < -0.39 is 0 Å². The summed E-state index contributed by atoms with van der Waals surface area (Å²) in [6.45, 7) is 6.07. The second-order valence-corrected chi connectivity index (χ2v) is 7.01. The van der Waals surface area contributed by atoms with Crippen molar-refractivity contribution in [2.45, 2.75) is 25.9 Å². The van der Waals surface area contributed by atoms with Crippen LogP contribution in [0.3, 0.4) is 0 Å². The first-order chi connectivity index (χ1) is 12.0. The summed E-state index contributed by atoms with van der Waals surface area (Å²) in [6, 6.07) is 7.85. The molecule has 2 heterocycles. The molecular formula is C19H20N4OS. The van der Waals surface area contributed by atoms with Crippen LogP contribution in [-0.4, -0.2) is 31.3 Å². The number of hydrogen-bond acceptors (Lipinski definition) is 5. The fourth-order valence-corrected chi connectivity index (χ4v) is 3.45. The summed E-state index contributed by atoms with van der Waals surface area (Å²) in [5, 5.41) is 9.14. The topological polar surface area (TPSA) is 60.7 Å². The van der Waals surface area contributed by atoms with E-state index >= 15 is 0 Å². The minimum absolute atomic E-state index is 0.108. The molecule has 0 aliphatic rings. The standard InChI is InChI=1S/C19H20N4OS/c1-12-8-14(3)16(9-13(12)2)17(24)11-25-19-22-21-18(23(19)4)15-6-5-7-20-10-15/h5-10H,11H2,1-4H3. The quantitative estimate of drug-likeness (QED) is 0.517. The zero-order valence-electron chi connectivity index (χ0n) is 14.8. The highest BCUT2D eigenvalue weighted by molar-refractivity contribution is 7.99. The number of Topliss-reactive ketones (excluding diaryl/α,β-unsaturated/α-hetero) is 1. The van der Waals surface area contributed by atoms with Gasteiger partial charge in [-0.25, -0.2) is 0 Å². The van der Waals surface area contributed by atoms with Crippen molar-refractivity contribution in [3.05, 3.63) is 58.9 Å². The summed E-state index contributed by atoms with van der Waals surface area (Å²) >= 11 is 1.40. The highest BCUT2D eigenvalue weighted by atomic mass is 32.2. The maximum atomic E-state index is 12.6. The van der Waals surface area contributed by atoms with Crippen LogP contribution in [0, 0.1) is 20.8 Å². The van der Waals surface area contributed by atoms with E-state index in [2.05, 4.69) is 28.2 Å². The largest absolute Gasteiger partial charge is 0.305 e. The Morgan fingerprint density at radius 3 is 2.60 bits per heavy atom. The third-order valence-electron chi connectivity index (χ3n) is 4.23. The van der Waals surface area contributed by atoms with E-state index in [0.717, 1.165) is 28.1 Å². The minimum Gasteiger partial charge on any atom is -0.305 e. The van der Waals surface area contributed by atoms with E-state index in [4.69, 9.17) is 0 Å². The summed E-state index contributed by atoms with van der Waals surface area (Å²) in [6.07, 6.45) is 3.47. The van der Waals surface area contributed by atoms with Gasteiger partial charge in [-0.1, -0.05) is 17.8 Å². The van der Waals surface area contributed by atoms with Crippen molar-refractivity contribution in [1.29, 1.82) is 0 Å². The van der Waals surface area contributed by atoms with Gasteiger partial charge in [-0.15, -0.1) is 10.2 Å². The van der Waals surface area contributed by atoms with E-state index in [1.54, 1.807) is 12.4 Å². The van der Waals surface area contributed by atoms with Gasteiger partial charge < -0.3 is 4.57 Å². The van der Waals surface area contributed by atoms with Crippen LogP contribution >= 0.6 is 11.8 Å². The number of carbonyl (C=O) groups excluding carboxylic acids is 1. The average Bonchev–Trinajstić information content (AvgIpc) is 2.97. The highest BCUT2D eigenvalue weighted by Crippen LogP contribution is 2.24. The Bertz CT molecular complexity index is 919. The lowest BCUT2D eigenvalue weighted by molar-refractivity contribution is 0.102. The smallest absolute Gasteiger partial charge is 0.191 e. The fraction of sp³-hybridized carbons (Fsp3) is 0.263. The van der Waals surface area contributed by atoms with Crippen LogP contribution in [0.25, 0.3) is 11.4 Å². The Labute approximate surface area is 151 Å². The second-order valence-electron chi connectivity index (χ2n) is 6.07. The first kappa shape index (κ1) is 17.4. The molecule has 5 nitrogen and oxygen atoms in total. The second kappa shape index (κ2) is 7.19. The number of aryl methyl sites for hydroxylation is 3. The number of thioether (sulfide) groups is 1. The Kier molecular flexibility index (Phi) is 4.99. The number of carbonyl (C=O) groups is 1. The molecule has 0 bridgehead atoms.